The fraction of sp³-hybridized carbons (Fsp3) is 0.238. The number of carbonyl (C=O) groups excluding carboxylic acids is 1. The Morgan fingerprint density at radius 1 is 1.07 bits per heavy atom. The van der Waals surface area contributed by atoms with E-state index < -0.39 is 6.09 Å². The van der Waals surface area contributed by atoms with E-state index in [1.807, 2.05) is 48.5 Å². The number of fused-ring (bicyclic) bond motifs is 3. The molecule has 0 aliphatic carbocycles. The molecule has 0 bridgehead atoms. The van der Waals surface area contributed by atoms with Crippen LogP contribution in [-0.2, 0) is 4.79 Å². The molecular formula is C21H21N3O3. The lowest BCUT2D eigenvalue weighted by Crippen LogP contribution is -2.54. The predicted molar refractivity (Wildman–Crippen MR) is 106 cm³/mol. The van der Waals surface area contributed by atoms with Gasteiger partial charge in [0.1, 0.15) is 0 Å². The van der Waals surface area contributed by atoms with Gasteiger partial charge in [0.25, 0.3) is 0 Å². The van der Waals surface area contributed by atoms with E-state index in [0.29, 0.717) is 19.6 Å². The highest BCUT2D eigenvalue weighted by atomic mass is 16.4. The maximum atomic E-state index is 12.3. The number of nitrogens with zero attached hydrogens (tertiary/aromatic N) is 2. The fourth-order valence-electron chi connectivity index (χ4n) is 3.69. The molecule has 2 N–H and O–H groups in total. The smallest absolute Gasteiger partial charge is 0.407 e. The van der Waals surface area contributed by atoms with Crippen LogP contribution in [0.3, 0.4) is 0 Å². The normalized spacial score (nSPS) is 19.3. The third-order valence-corrected chi connectivity index (χ3v) is 5.05. The zero-order valence-electron chi connectivity index (χ0n) is 14.8. The van der Waals surface area contributed by atoms with Crippen molar-refractivity contribution in [2.75, 3.05) is 29.9 Å². The van der Waals surface area contributed by atoms with Gasteiger partial charge < -0.3 is 20.2 Å². The Labute approximate surface area is 157 Å². The number of carbonyl (C=O) groups is 2. The van der Waals surface area contributed by atoms with Gasteiger partial charge in [-0.1, -0.05) is 48.6 Å². The number of amides is 2. The van der Waals surface area contributed by atoms with Gasteiger partial charge in [-0.05, 0) is 23.3 Å². The minimum atomic E-state index is -0.931. The van der Waals surface area contributed by atoms with Crippen LogP contribution in [0.5, 0.6) is 0 Å². The number of rotatable bonds is 2. The number of anilines is 2. The second-order valence-corrected chi connectivity index (χ2v) is 6.85. The van der Waals surface area contributed by atoms with Crippen molar-refractivity contribution in [1.29, 1.82) is 0 Å². The Morgan fingerprint density at radius 3 is 2.63 bits per heavy atom. The highest BCUT2D eigenvalue weighted by molar-refractivity contribution is 5.97. The van der Waals surface area contributed by atoms with Crippen LogP contribution < -0.4 is 10.2 Å². The lowest BCUT2D eigenvalue weighted by Gasteiger charge is -2.40. The van der Waals surface area contributed by atoms with Gasteiger partial charge in [-0.25, -0.2) is 4.79 Å². The minimum Gasteiger partial charge on any atom is -0.465 e. The molecule has 0 aromatic heterocycles. The average Bonchev–Trinajstić information content (AvgIpc) is 2.81. The summed E-state index contributed by atoms with van der Waals surface area (Å²) in [5.41, 5.74) is 3.89. The lowest BCUT2D eigenvalue weighted by atomic mass is 10.1. The predicted octanol–water partition coefficient (Wildman–Crippen LogP) is 3.37. The van der Waals surface area contributed by atoms with Crippen molar-refractivity contribution in [3.63, 3.8) is 0 Å². The van der Waals surface area contributed by atoms with Crippen LogP contribution in [-0.4, -0.2) is 47.7 Å². The summed E-state index contributed by atoms with van der Waals surface area (Å²) in [5.74, 6) is -0.0800. The van der Waals surface area contributed by atoms with E-state index in [2.05, 4.69) is 22.4 Å². The first-order valence-corrected chi connectivity index (χ1v) is 9.02. The molecule has 2 aromatic rings. The molecule has 6 heteroatoms. The zero-order chi connectivity index (χ0) is 18.8. The molecule has 2 aromatic carbocycles. The Hall–Kier alpha value is -3.28. The second-order valence-electron chi connectivity index (χ2n) is 6.85. The molecule has 0 radical (unpaired) electrons. The molecule has 6 nitrogen and oxygen atoms in total. The number of benzene rings is 2. The van der Waals surface area contributed by atoms with Crippen LogP contribution in [0.15, 0.2) is 48.5 Å². The van der Waals surface area contributed by atoms with E-state index in [1.54, 1.807) is 0 Å². The highest BCUT2D eigenvalue weighted by Crippen LogP contribution is 2.34. The number of nitrogens with one attached hydrogen (secondary N) is 1. The molecule has 2 aliphatic rings. The molecule has 1 saturated heterocycles. The monoisotopic (exact) mass is 363 g/mol. The second kappa shape index (κ2) is 7.15. The Bertz CT molecular complexity index is 895. The molecule has 2 amide bonds. The van der Waals surface area contributed by atoms with Crippen LogP contribution >= 0.6 is 0 Å². The van der Waals surface area contributed by atoms with E-state index in [-0.39, 0.29) is 18.4 Å². The van der Waals surface area contributed by atoms with Gasteiger partial charge >= 0.3 is 6.09 Å². The molecule has 4 rings (SSSR count). The Morgan fingerprint density at radius 2 is 1.85 bits per heavy atom. The molecule has 1 fully saturated rings. The minimum absolute atomic E-state index is 0.0800. The zero-order valence-corrected chi connectivity index (χ0v) is 14.8. The van der Waals surface area contributed by atoms with Crippen LogP contribution in [0.25, 0.3) is 12.2 Å². The molecule has 1 atom stereocenters. The SMILES string of the molecule is O=C1CC2CN(C(=O)O)CCN2c2cc(C=Cc3ccccc3)ccc2N1. The first-order valence-electron chi connectivity index (χ1n) is 9.02. The average molecular weight is 363 g/mol. The molecule has 0 saturated carbocycles. The molecule has 138 valence electrons. The van der Waals surface area contributed by atoms with E-state index >= 15 is 0 Å². The van der Waals surface area contributed by atoms with Crippen LogP contribution in [0, 0.1) is 0 Å². The highest BCUT2D eigenvalue weighted by Gasteiger charge is 2.34. The summed E-state index contributed by atoms with van der Waals surface area (Å²) in [6.45, 7) is 1.35. The van der Waals surface area contributed by atoms with Gasteiger partial charge in [0.2, 0.25) is 5.91 Å². The van der Waals surface area contributed by atoms with Crippen molar-refractivity contribution in [2.45, 2.75) is 12.5 Å². The number of carboxylic acid groups (broad SMARTS) is 1. The molecular weight excluding hydrogens is 342 g/mol. The maximum absolute atomic E-state index is 12.3. The van der Waals surface area contributed by atoms with Crippen molar-refractivity contribution in [2.24, 2.45) is 0 Å². The summed E-state index contributed by atoms with van der Waals surface area (Å²) in [6.07, 6.45) is 3.45. The first kappa shape index (κ1) is 17.1. The van der Waals surface area contributed by atoms with Gasteiger partial charge in [-0.15, -0.1) is 0 Å². The van der Waals surface area contributed by atoms with Crippen LogP contribution in [0.2, 0.25) is 0 Å². The summed E-state index contributed by atoms with van der Waals surface area (Å²) in [6, 6.07) is 15.9. The Kier molecular flexibility index (Phi) is 4.54. The van der Waals surface area contributed by atoms with Crippen LogP contribution in [0.1, 0.15) is 17.5 Å². The fourth-order valence-corrected chi connectivity index (χ4v) is 3.69. The van der Waals surface area contributed by atoms with Crippen molar-refractivity contribution in [1.82, 2.24) is 4.90 Å². The third-order valence-electron chi connectivity index (χ3n) is 5.05. The topological polar surface area (TPSA) is 72.9 Å². The molecule has 2 heterocycles. The number of piperazine rings is 1. The number of hydrogen-bond acceptors (Lipinski definition) is 3. The quantitative estimate of drug-likeness (QED) is 0.803. The Balaban J connectivity index is 1.64. The number of hydrogen-bond donors (Lipinski definition) is 2. The summed E-state index contributed by atoms with van der Waals surface area (Å²) < 4.78 is 0. The summed E-state index contributed by atoms with van der Waals surface area (Å²) in [4.78, 5) is 27.1. The third kappa shape index (κ3) is 3.65. The lowest BCUT2D eigenvalue weighted by molar-refractivity contribution is -0.116. The van der Waals surface area contributed by atoms with Gasteiger partial charge in [0.05, 0.1) is 17.4 Å². The van der Waals surface area contributed by atoms with E-state index in [1.165, 1.54) is 4.90 Å². The van der Waals surface area contributed by atoms with Gasteiger partial charge in [0, 0.05) is 26.1 Å². The molecule has 1 unspecified atom stereocenters. The molecule has 2 aliphatic heterocycles. The largest absolute Gasteiger partial charge is 0.465 e. The van der Waals surface area contributed by atoms with Crippen molar-refractivity contribution < 1.29 is 14.7 Å². The van der Waals surface area contributed by atoms with Gasteiger partial charge in [-0.3, -0.25) is 4.79 Å². The van der Waals surface area contributed by atoms with Gasteiger partial charge in [-0.2, -0.15) is 0 Å². The summed E-state index contributed by atoms with van der Waals surface area (Å²) in [7, 11) is 0. The van der Waals surface area contributed by atoms with Crippen molar-refractivity contribution in [3.05, 3.63) is 59.7 Å². The van der Waals surface area contributed by atoms with E-state index in [4.69, 9.17) is 0 Å². The van der Waals surface area contributed by atoms with Crippen LogP contribution in [0.4, 0.5) is 16.2 Å². The van der Waals surface area contributed by atoms with Gasteiger partial charge in [0.15, 0.2) is 0 Å². The maximum Gasteiger partial charge on any atom is 0.407 e. The molecule has 27 heavy (non-hydrogen) atoms. The van der Waals surface area contributed by atoms with Crippen molar-refractivity contribution >= 4 is 35.5 Å². The summed E-state index contributed by atoms with van der Waals surface area (Å²) in [5, 5.41) is 12.2. The van der Waals surface area contributed by atoms with E-state index in [0.717, 1.165) is 22.5 Å². The first-order chi connectivity index (χ1) is 13.1. The van der Waals surface area contributed by atoms with Crippen molar-refractivity contribution in [3.8, 4) is 0 Å². The summed E-state index contributed by atoms with van der Waals surface area (Å²) >= 11 is 0. The van der Waals surface area contributed by atoms with E-state index in [9.17, 15) is 14.7 Å². The standard InChI is InChI=1S/C21H21N3O3/c25-20-13-17-14-23(21(26)27)10-11-24(17)19-12-16(8-9-18(19)22-20)7-6-15-4-2-1-3-5-15/h1-9,12,17H,10-11,13-14H2,(H,22,25)(H,26,27). The molecule has 0 spiro atoms.